The van der Waals surface area contributed by atoms with Crippen LogP contribution in [0.15, 0.2) is 41.3 Å². The number of aromatic hydroxyl groups is 1. The minimum Gasteiger partial charge on any atom is -0.503 e. The van der Waals surface area contributed by atoms with Crippen molar-refractivity contribution in [2.45, 2.75) is 20.0 Å². The molecule has 0 spiro atoms. The Morgan fingerprint density at radius 2 is 1.64 bits per heavy atom. The van der Waals surface area contributed by atoms with E-state index in [1.807, 2.05) is 18.2 Å². The molecule has 0 radical (unpaired) electrons. The summed E-state index contributed by atoms with van der Waals surface area (Å²) >= 11 is 5.89. The maximum absolute atomic E-state index is 12.5. The first-order valence-corrected chi connectivity index (χ1v) is 9.05. The molecule has 1 saturated heterocycles. The molecule has 0 atom stereocenters. The van der Waals surface area contributed by atoms with E-state index in [1.165, 1.54) is 4.57 Å². The summed E-state index contributed by atoms with van der Waals surface area (Å²) in [7, 11) is 0. The molecule has 2 heterocycles. The van der Waals surface area contributed by atoms with E-state index in [2.05, 4.69) is 16.7 Å². The van der Waals surface area contributed by atoms with E-state index in [0.717, 1.165) is 38.3 Å². The van der Waals surface area contributed by atoms with Crippen LogP contribution in [0, 0.1) is 0 Å². The van der Waals surface area contributed by atoms with Gasteiger partial charge in [-0.2, -0.15) is 0 Å². The first-order chi connectivity index (χ1) is 12.1. The zero-order valence-electron chi connectivity index (χ0n) is 14.5. The van der Waals surface area contributed by atoms with Crippen molar-refractivity contribution in [3.05, 3.63) is 63.0 Å². The smallest absolute Gasteiger partial charge is 0.293 e. The maximum atomic E-state index is 12.5. The van der Waals surface area contributed by atoms with Crippen LogP contribution >= 0.6 is 11.6 Å². The van der Waals surface area contributed by atoms with Crippen LogP contribution in [0.25, 0.3) is 0 Å². The lowest BCUT2D eigenvalue weighted by Crippen LogP contribution is -2.45. The van der Waals surface area contributed by atoms with Gasteiger partial charge in [0.1, 0.15) is 0 Å². The van der Waals surface area contributed by atoms with Gasteiger partial charge in [-0.15, -0.1) is 0 Å². The number of likely N-dealkylation sites (N-methyl/N-ethyl adjacent to an activating group) is 1. The van der Waals surface area contributed by atoms with Gasteiger partial charge in [-0.25, -0.2) is 0 Å². The minimum atomic E-state index is -0.348. The average Bonchev–Trinajstić information content (AvgIpc) is 2.64. The fourth-order valence-corrected chi connectivity index (χ4v) is 3.27. The summed E-state index contributed by atoms with van der Waals surface area (Å²) in [6.07, 6.45) is 1.76. The number of aromatic nitrogens is 1. The molecular formula is C19H24ClN3O2. The van der Waals surface area contributed by atoms with Crippen molar-refractivity contribution in [3.8, 4) is 5.75 Å². The Morgan fingerprint density at radius 3 is 2.28 bits per heavy atom. The van der Waals surface area contributed by atoms with Crippen molar-refractivity contribution >= 4 is 11.6 Å². The first-order valence-electron chi connectivity index (χ1n) is 8.67. The Hall–Kier alpha value is -1.82. The summed E-state index contributed by atoms with van der Waals surface area (Å²) in [6.45, 7) is 8.25. The molecule has 0 saturated carbocycles. The van der Waals surface area contributed by atoms with Gasteiger partial charge in [0.05, 0.1) is 6.54 Å². The molecule has 25 heavy (non-hydrogen) atoms. The number of piperazine rings is 1. The van der Waals surface area contributed by atoms with Gasteiger partial charge in [-0.05, 0) is 30.3 Å². The van der Waals surface area contributed by atoms with Crippen LogP contribution in [0.2, 0.25) is 5.02 Å². The van der Waals surface area contributed by atoms with Crippen LogP contribution < -0.4 is 5.56 Å². The number of nitrogens with zero attached hydrogens (tertiary/aromatic N) is 3. The van der Waals surface area contributed by atoms with Gasteiger partial charge in [-0.3, -0.25) is 9.69 Å². The number of hydrogen-bond acceptors (Lipinski definition) is 4. The highest BCUT2D eigenvalue weighted by atomic mass is 35.5. The number of benzene rings is 1. The predicted molar refractivity (Wildman–Crippen MR) is 100 cm³/mol. The lowest BCUT2D eigenvalue weighted by atomic mass is 10.2. The fourth-order valence-electron chi connectivity index (χ4n) is 3.14. The summed E-state index contributed by atoms with van der Waals surface area (Å²) < 4.78 is 1.52. The standard InChI is InChI=1S/C19H24ClN3O2/c1-2-21-9-11-22(12-10-21)14-16-7-8-23(19(25)18(16)24)13-15-3-5-17(20)6-4-15/h3-8,24H,2,9-14H2,1H3. The Labute approximate surface area is 153 Å². The van der Waals surface area contributed by atoms with E-state index in [-0.39, 0.29) is 11.3 Å². The lowest BCUT2D eigenvalue weighted by molar-refractivity contribution is 0.131. The molecule has 1 fully saturated rings. The highest BCUT2D eigenvalue weighted by molar-refractivity contribution is 6.30. The molecule has 1 aliphatic rings. The second-order valence-electron chi connectivity index (χ2n) is 6.46. The van der Waals surface area contributed by atoms with Crippen molar-refractivity contribution in [1.82, 2.24) is 14.4 Å². The first kappa shape index (κ1) is 18.0. The van der Waals surface area contributed by atoms with Crippen molar-refractivity contribution in [2.75, 3.05) is 32.7 Å². The van der Waals surface area contributed by atoms with Crippen molar-refractivity contribution in [3.63, 3.8) is 0 Å². The van der Waals surface area contributed by atoms with Crippen LogP contribution in [0.1, 0.15) is 18.1 Å². The van der Waals surface area contributed by atoms with E-state index in [9.17, 15) is 9.90 Å². The van der Waals surface area contributed by atoms with Gasteiger partial charge in [0.15, 0.2) is 5.75 Å². The molecule has 2 aromatic rings. The van der Waals surface area contributed by atoms with Gasteiger partial charge >= 0.3 is 0 Å². The van der Waals surface area contributed by atoms with Crippen LogP contribution in [0.3, 0.4) is 0 Å². The molecule has 6 heteroatoms. The third kappa shape index (κ3) is 4.42. The number of hydrogen-bond donors (Lipinski definition) is 1. The van der Waals surface area contributed by atoms with Crippen LogP contribution in [0.4, 0.5) is 0 Å². The van der Waals surface area contributed by atoms with Crippen molar-refractivity contribution in [1.29, 1.82) is 0 Å². The van der Waals surface area contributed by atoms with Crippen LogP contribution in [0.5, 0.6) is 5.75 Å². The summed E-state index contributed by atoms with van der Waals surface area (Å²) in [6, 6.07) is 9.21. The molecule has 1 N–H and O–H groups in total. The van der Waals surface area contributed by atoms with Crippen LogP contribution in [-0.4, -0.2) is 52.2 Å². The predicted octanol–water partition coefficient (Wildman–Crippen LogP) is 2.39. The van der Waals surface area contributed by atoms with Gasteiger partial charge in [0.25, 0.3) is 5.56 Å². The highest BCUT2D eigenvalue weighted by Gasteiger charge is 2.18. The third-order valence-electron chi connectivity index (χ3n) is 4.80. The Bertz CT molecular complexity index is 765. The van der Waals surface area contributed by atoms with Gasteiger partial charge in [0.2, 0.25) is 0 Å². The maximum Gasteiger partial charge on any atom is 0.293 e. The molecule has 0 bridgehead atoms. The molecular weight excluding hydrogens is 338 g/mol. The molecule has 134 valence electrons. The van der Waals surface area contributed by atoms with Crippen molar-refractivity contribution < 1.29 is 5.11 Å². The Balaban J connectivity index is 1.70. The Kier molecular flexibility index (Phi) is 5.78. The number of halogens is 1. The van der Waals surface area contributed by atoms with E-state index in [4.69, 9.17) is 11.6 Å². The third-order valence-corrected chi connectivity index (χ3v) is 5.05. The van der Waals surface area contributed by atoms with E-state index >= 15 is 0 Å². The largest absolute Gasteiger partial charge is 0.503 e. The molecule has 3 rings (SSSR count). The average molecular weight is 362 g/mol. The lowest BCUT2D eigenvalue weighted by Gasteiger charge is -2.34. The number of rotatable bonds is 5. The molecule has 0 unspecified atom stereocenters. The zero-order valence-corrected chi connectivity index (χ0v) is 15.2. The summed E-state index contributed by atoms with van der Waals surface area (Å²) in [5.41, 5.74) is 1.32. The normalized spacial score (nSPS) is 16.2. The SMILES string of the molecule is CCN1CCN(Cc2ccn(Cc3ccc(Cl)cc3)c(=O)c2O)CC1. The van der Waals surface area contributed by atoms with E-state index in [1.54, 1.807) is 18.3 Å². The van der Waals surface area contributed by atoms with Crippen LogP contribution in [-0.2, 0) is 13.1 Å². The molecule has 5 nitrogen and oxygen atoms in total. The topological polar surface area (TPSA) is 48.7 Å². The molecule has 1 aliphatic heterocycles. The summed E-state index contributed by atoms with van der Waals surface area (Å²) in [5.74, 6) is -0.144. The molecule has 1 aromatic carbocycles. The monoisotopic (exact) mass is 361 g/mol. The second kappa shape index (κ2) is 8.04. The highest BCUT2D eigenvalue weighted by Crippen LogP contribution is 2.16. The molecule has 0 aliphatic carbocycles. The van der Waals surface area contributed by atoms with Gasteiger partial charge < -0.3 is 14.6 Å². The minimum absolute atomic E-state index is 0.144. The van der Waals surface area contributed by atoms with Gasteiger partial charge in [0, 0.05) is 49.5 Å². The van der Waals surface area contributed by atoms with Crippen molar-refractivity contribution in [2.24, 2.45) is 0 Å². The molecule has 1 aromatic heterocycles. The fraction of sp³-hybridized carbons (Fsp3) is 0.421. The summed E-state index contributed by atoms with van der Waals surface area (Å²) in [4.78, 5) is 17.1. The van der Waals surface area contributed by atoms with E-state index < -0.39 is 0 Å². The summed E-state index contributed by atoms with van der Waals surface area (Å²) in [5, 5.41) is 11.0. The van der Waals surface area contributed by atoms with E-state index in [0.29, 0.717) is 23.7 Å². The Morgan fingerprint density at radius 1 is 1.00 bits per heavy atom. The molecule has 0 amide bonds. The zero-order chi connectivity index (χ0) is 17.8. The second-order valence-corrected chi connectivity index (χ2v) is 6.90. The van der Waals surface area contributed by atoms with Gasteiger partial charge in [-0.1, -0.05) is 30.7 Å². The quantitative estimate of drug-likeness (QED) is 0.888. The number of pyridine rings is 1.